The van der Waals surface area contributed by atoms with Gasteiger partial charge >= 0.3 is 6.18 Å². The van der Waals surface area contributed by atoms with Crippen molar-refractivity contribution in [1.29, 1.82) is 5.26 Å². The van der Waals surface area contributed by atoms with Gasteiger partial charge in [-0.1, -0.05) is 6.07 Å². The second-order valence-corrected chi connectivity index (χ2v) is 6.81. The van der Waals surface area contributed by atoms with Crippen LogP contribution in [0, 0.1) is 18.3 Å². The third kappa shape index (κ3) is 3.42. The highest BCUT2D eigenvalue weighted by Gasteiger charge is 2.39. The minimum atomic E-state index is -4.63. The fraction of sp³-hybridized carbons (Fsp3) is 0.300. The Morgan fingerprint density at radius 1 is 1.21 bits per heavy atom. The fourth-order valence-electron chi connectivity index (χ4n) is 3.74. The van der Waals surface area contributed by atoms with E-state index in [0.717, 1.165) is 12.5 Å². The van der Waals surface area contributed by atoms with Crippen molar-refractivity contribution in [2.45, 2.75) is 32.0 Å². The molecule has 0 aliphatic carbocycles. The van der Waals surface area contributed by atoms with Gasteiger partial charge in [-0.15, -0.1) is 0 Å². The number of hydrogen-bond acceptors (Lipinski definition) is 5. The molecule has 4 heterocycles. The van der Waals surface area contributed by atoms with Gasteiger partial charge in [-0.2, -0.15) is 18.4 Å². The van der Waals surface area contributed by atoms with Crippen LogP contribution in [0.5, 0.6) is 0 Å². The number of aryl methyl sites for hydroxylation is 1. The Balaban J connectivity index is 1.82. The van der Waals surface area contributed by atoms with E-state index in [1.165, 1.54) is 6.92 Å². The summed E-state index contributed by atoms with van der Waals surface area (Å²) in [4.78, 5) is 14.8. The van der Waals surface area contributed by atoms with Crippen molar-refractivity contribution < 1.29 is 13.2 Å². The maximum absolute atomic E-state index is 13.5. The van der Waals surface area contributed by atoms with Crippen LogP contribution in [-0.2, 0) is 6.18 Å². The van der Waals surface area contributed by atoms with E-state index in [-0.39, 0.29) is 17.6 Å². The number of imidazole rings is 1. The van der Waals surface area contributed by atoms with Crippen LogP contribution in [0.25, 0.3) is 5.82 Å². The molecule has 1 aliphatic rings. The molecule has 0 saturated carbocycles. The van der Waals surface area contributed by atoms with E-state index in [9.17, 15) is 18.4 Å². The van der Waals surface area contributed by atoms with Gasteiger partial charge in [-0.05, 0) is 38.0 Å². The average Bonchev–Trinajstić information content (AvgIpc) is 3.36. The predicted molar refractivity (Wildman–Crippen MR) is 99.4 cm³/mol. The van der Waals surface area contributed by atoms with E-state index >= 15 is 0 Å². The molecule has 1 atom stereocenters. The average molecular weight is 398 g/mol. The number of anilines is 1. The zero-order valence-electron chi connectivity index (χ0n) is 15.6. The van der Waals surface area contributed by atoms with Gasteiger partial charge in [-0.25, -0.2) is 15.0 Å². The Morgan fingerprint density at radius 2 is 2.03 bits per heavy atom. The van der Waals surface area contributed by atoms with Crippen molar-refractivity contribution in [2.75, 3.05) is 11.4 Å². The number of alkyl halides is 3. The van der Waals surface area contributed by atoms with E-state index in [1.807, 2.05) is 16.7 Å². The zero-order valence-corrected chi connectivity index (χ0v) is 15.6. The van der Waals surface area contributed by atoms with Crippen LogP contribution < -0.4 is 4.90 Å². The van der Waals surface area contributed by atoms with Crippen molar-refractivity contribution in [3.63, 3.8) is 0 Å². The predicted octanol–water partition coefficient (Wildman–Crippen LogP) is 4.20. The highest BCUT2D eigenvalue weighted by Crippen LogP contribution is 2.41. The van der Waals surface area contributed by atoms with Crippen LogP contribution in [0.4, 0.5) is 19.0 Å². The van der Waals surface area contributed by atoms with Crippen LogP contribution in [0.3, 0.4) is 0 Å². The van der Waals surface area contributed by atoms with Gasteiger partial charge in [0.2, 0.25) is 0 Å². The first kappa shape index (κ1) is 18.9. The molecule has 6 nitrogen and oxygen atoms in total. The maximum Gasteiger partial charge on any atom is 0.417 e. The molecule has 1 aliphatic heterocycles. The van der Waals surface area contributed by atoms with Gasteiger partial charge < -0.3 is 4.90 Å². The summed E-state index contributed by atoms with van der Waals surface area (Å²) in [6.07, 6.45) is 1.88. The first-order valence-electron chi connectivity index (χ1n) is 9.10. The smallest absolute Gasteiger partial charge is 0.345 e. The Bertz CT molecular complexity index is 1070. The molecular weight excluding hydrogens is 381 g/mol. The lowest BCUT2D eigenvalue weighted by molar-refractivity contribution is -0.137. The third-order valence-electron chi connectivity index (χ3n) is 4.93. The number of halogens is 3. The minimum Gasteiger partial charge on any atom is -0.345 e. The highest BCUT2D eigenvalue weighted by atomic mass is 19.4. The Morgan fingerprint density at radius 3 is 2.72 bits per heavy atom. The number of rotatable bonds is 3. The van der Waals surface area contributed by atoms with Crippen molar-refractivity contribution in [2.24, 2.45) is 0 Å². The van der Waals surface area contributed by atoms with Gasteiger partial charge in [0.15, 0.2) is 0 Å². The minimum absolute atomic E-state index is 0.0536. The summed E-state index contributed by atoms with van der Waals surface area (Å²) in [5.41, 5.74) is -1.20. The first-order chi connectivity index (χ1) is 13.9. The lowest BCUT2D eigenvalue weighted by Crippen LogP contribution is -2.28. The number of nitriles is 1. The summed E-state index contributed by atoms with van der Waals surface area (Å²) in [6.45, 7) is 1.99. The van der Waals surface area contributed by atoms with Crippen molar-refractivity contribution >= 4 is 5.82 Å². The standard InChI is InChI=1S/C20H17F3N6/c1-13-11-15(20(21,22)23)14(12-24)18(27-13)28-9-4-5-16(28)19-26-8-10-29(19)17-6-2-3-7-25-17/h2-3,6-8,10-11,16H,4-5,9H2,1H3/t16-/m0/s1. The molecule has 0 aromatic carbocycles. The van der Waals surface area contributed by atoms with E-state index in [1.54, 1.807) is 35.6 Å². The lowest BCUT2D eigenvalue weighted by atomic mass is 10.1. The van der Waals surface area contributed by atoms with Crippen LogP contribution in [0.1, 0.15) is 41.5 Å². The lowest BCUT2D eigenvalue weighted by Gasteiger charge is -2.28. The molecule has 1 saturated heterocycles. The number of aromatic nitrogens is 4. The molecule has 148 valence electrons. The number of pyridine rings is 2. The molecular formula is C20H17F3N6. The molecule has 0 amide bonds. The molecule has 0 bridgehead atoms. The van der Waals surface area contributed by atoms with E-state index < -0.39 is 17.3 Å². The molecule has 0 spiro atoms. The molecule has 3 aromatic heterocycles. The van der Waals surface area contributed by atoms with Gasteiger partial charge in [-0.3, -0.25) is 4.57 Å². The zero-order chi connectivity index (χ0) is 20.6. The van der Waals surface area contributed by atoms with Gasteiger partial charge in [0, 0.05) is 30.8 Å². The van der Waals surface area contributed by atoms with Crippen LogP contribution in [0.15, 0.2) is 42.9 Å². The molecule has 1 fully saturated rings. The van der Waals surface area contributed by atoms with Crippen LogP contribution in [-0.4, -0.2) is 26.1 Å². The van der Waals surface area contributed by atoms with Crippen molar-refractivity contribution in [3.05, 3.63) is 65.5 Å². The second kappa shape index (κ2) is 7.20. The molecule has 3 aromatic rings. The summed E-state index contributed by atoms with van der Waals surface area (Å²) >= 11 is 0. The molecule has 29 heavy (non-hydrogen) atoms. The van der Waals surface area contributed by atoms with Crippen molar-refractivity contribution in [3.8, 4) is 11.9 Å². The normalized spacial score (nSPS) is 16.8. The largest absolute Gasteiger partial charge is 0.417 e. The molecule has 0 N–H and O–H groups in total. The summed E-state index contributed by atoms with van der Waals surface area (Å²) in [5.74, 6) is 1.38. The van der Waals surface area contributed by atoms with Crippen molar-refractivity contribution in [1.82, 2.24) is 19.5 Å². The Labute approximate surface area is 165 Å². The van der Waals surface area contributed by atoms with E-state index in [4.69, 9.17) is 0 Å². The van der Waals surface area contributed by atoms with E-state index in [0.29, 0.717) is 24.6 Å². The first-order valence-corrected chi connectivity index (χ1v) is 9.10. The number of hydrogen-bond donors (Lipinski definition) is 0. The summed E-state index contributed by atoms with van der Waals surface area (Å²) < 4.78 is 42.4. The van der Waals surface area contributed by atoms with Gasteiger partial charge in [0.1, 0.15) is 29.1 Å². The van der Waals surface area contributed by atoms with Gasteiger partial charge in [0.25, 0.3) is 0 Å². The highest BCUT2D eigenvalue weighted by molar-refractivity contribution is 5.60. The fourth-order valence-corrected chi connectivity index (χ4v) is 3.74. The summed E-state index contributed by atoms with van der Waals surface area (Å²) in [5, 5.41) is 9.52. The summed E-state index contributed by atoms with van der Waals surface area (Å²) in [7, 11) is 0. The Hall–Kier alpha value is -3.41. The van der Waals surface area contributed by atoms with E-state index in [2.05, 4.69) is 15.0 Å². The monoisotopic (exact) mass is 398 g/mol. The quantitative estimate of drug-likeness (QED) is 0.661. The maximum atomic E-state index is 13.5. The molecule has 9 heteroatoms. The Kier molecular flexibility index (Phi) is 4.70. The SMILES string of the molecule is Cc1cc(C(F)(F)F)c(C#N)c(N2CCC[C@H]2c2nccn2-c2ccccn2)n1. The van der Waals surface area contributed by atoms with Gasteiger partial charge in [0.05, 0.1) is 11.6 Å². The number of nitrogens with zero attached hydrogens (tertiary/aromatic N) is 6. The molecule has 0 unspecified atom stereocenters. The van der Waals surface area contributed by atoms with Crippen LogP contribution in [0.2, 0.25) is 0 Å². The topological polar surface area (TPSA) is 70.6 Å². The molecule has 4 rings (SSSR count). The third-order valence-corrected chi connectivity index (χ3v) is 4.93. The summed E-state index contributed by atoms with van der Waals surface area (Å²) in [6, 6.07) is 7.82. The second-order valence-electron chi connectivity index (χ2n) is 6.81. The van der Waals surface area contributed by atoms with Crippen LogP contribution >= 0.6 is 0 Å². The molecule has 0 radical (unpaired) electrons.